The zero-order valence-electron chi connectivity index (χ0n) is 17.0. The summed E-state index contributed by atoms with van der Waals surface area (Å²) >= 11 is 2.72. The van der Waals surface area contributed by atoms with Crippen LogP contribution in [0.25, 0.3) is 0 Å². The van der Waals surface area contributed by atoms with Gasteiger partial charge in [0.2, 0.25) is 0 Å². The van der Waals surface area contributed by atoms with Crippen LogP contribution in [0.3, 0.4) is 0 Å². The van der Waals surface area contributed by atoms with Crippen molar-refractivity contribution in [2.24, 2.45) is 0 Å². The molecule has 3 rings (SSSR count). The fourth-order valence-corrected chi connectivity index (χ4v) is 4.28. The van der Waals surface area contributed by atoms with Crippen molar-refractivity contribution in [2.45, 2.75) is 13.3 Å². The molecule has 30 heavy (non-hydrogen) atoms. The second-order valence-electron chi connectivity index (χ2n) is 6.41. The van der Waals surface area contributed by atoms with Crippen LogP contribution in [-0.2, 0) is 6.42 Å². The van der Waals surface area contributed by atoms with E-state index in [-0.39, 0.29) is 5.91 Å². The van der Waals surface area contributed by atoms with Crippen LogP contribution in [0.4, 0.5) is 10.8 Å². The molecule has 0 fully saturated rings. The molecule has 1 N–H and O–H groups in total. The molecule has 8 heteroatoms. The van der Waals surface area contributed by atoms with E-state index in [4.69, 9.17) is 10.00 Å². The van der Waals surface area contributed by atoms with E-state index >= 15 is 0 Å². The van der Waals surface area contributed by atoms with Gasteiger partial charge >= 0.3 is 0 Å². The fraction of sp³-hybridized carbons (Fsp3) is 0.227. The van der Waals surface area contributed by atoms with Crippen molar-refractivity contribution < 1.29 is 9.53 Å². The second-order valence-corrected chi connectivity index (χ2v) is 8.20. The molecule has 0 aliphatic rings. The first-order valence-electron chi connectivity index (χ1n) is 9.27. The minimum absolute atomic E-state index is 0.202. The number of carbonyl (C=O) groups is 1. The quantitative estimate of drug-likeness (QED) is 0.513. The number of para-hydroxylation sites is 1. The van der Waals surface area contributed by atoms with Gasteiger partial charge in [-0.1, -0.05) is 30.1 Å². The Morgan fingerprint density at radius 3 is 2.67 bits per heavy atom. The smallest absolute Gasteiger partial charge is 0.280 e. The lowest BCUT2D eigenvalue weighted by atomic mass is 10.1. The standard InChI is InChI=1S/C22H22N4O2S2/c1-15-20(21(27)25-29-3)24-22(30-15)26(18-10-8-16(14-23)9-11-18)13-12-17-6-4-5-7-19(17)28-2/h4-11H,12-13H2,1-3H3,(H,25,27). The van der Waals surface area contributed by atoms with Gasteiger partial charge in [0, 0.05) is 23.4 Å². The fourth-order valence-electron chi connectivity index (χ4n) is 3.04. The van der Waals surface area contributed by atoms with E-state index in [1.54, 1.807) is 25.5 Å². The van der Waals surface area contributed by atoms with Crippen LogP contribution >= 0.6 is 23.3 Å². The lowest BCUT2D eigenvalue weighted by Gasteiger charge is -2.22. The number of anilines is 2. The molecule has 0 aliphatic heterocycles. The van der Waals surface area contributed by atoms with Gasteiger partial charge in [0.1, 0.15) is 11.4 Å². The van der Waals surface area contributed by atoms with Crippen molar-refractivity contribution >= 4 is 40.0 Å². The zero-order chi connectivity index (χ0) is 21.5. The number of ether oxygens (including phenoxy) is 1. The predicted molar refractivity (Wildman–Crippen MR) is 123 cm³/mol. The van der Waals surface area contributed by atoms with E-state index in [0.717, 1.165) is 33.4 Å². The number of carbonyl (C=O) groups excluding carboxylic acids is 1. The summed E-state index contributed by atoms with van der Waals surface area (Å²) in [7, 11) is 1.66. The van der Waals surface area contributed by atoms with Crippen LogP contribution in [0.1, 0.15) is 26.5 Å². The third kappa shape index (κ3) is 4.93. The van der Waals surface area contributed by atoms with Crippen molar-refractivity contribution in [3.63, 3.8) is 0 Å². The summed E-state index contributed by atoms with van der Waals surface area (Å²) in [5, 5.41) is 9.85. The predicted octanol–water partition coefficient (Wildman–Crippen LogP) is 4.72. The summed E-state index contributed by atoms with van der Waals surface area (Å²) in [5.74, 6) is 0.639. The number of benzene rings is 2. The molecule has 0 bridgehead atoms. The molecular weight excluding hydrogens is 416 g/mol. The average molecular weight is 439 g/mol. The summed E-state index contributed by atoms with van der Waals surface area (Å²) in [6.45, 7) is 2.54. The third-order valence-electron chi connectivity index (χ3n) is 4.53. The van der Waals surface area contributed by atoms with Crippen LogP contribution in [-0.4, -0.2) is 30.8 Å². The first kappa shape index (κ1) is 21.7. The van der Waals surface area contributed by atoms with Crippen molar-refractivity contribution in [3.05, 3.63) is 70.2 Å². The number of aromatic nitrogens is 1. The van der Waals surface area contributed by atoms with E-state index in [1.165, 1.54) is 23.3 Å². The molecule has 0 spiro atoms. The van der Waals surface area contributed by atoms with Gasteiger partial charge in [-0.2, -0.15) is 5.26 Å². The maximum Gasteiger partial charge on any atom is 0.280 e. The van der Waals surface area contributed by atoms with E-state index in [1.807, 2.05) is 43.3 Å². The largest absolute Gasteiger partial charge is 0.496 e. The molecule has 2 aromatic carbocycles. The summed E-state index contributed by atoms with van der Waals surface area (Å²) in [4.78, 5) is 19.9. The van der Waals surface area contributed by atoms with Gasteiger partial charge in [-0.3, -0.25) is 9.52 Å². The number of aryl methyl sites for hydroxylation is 1. The molecule has 0 unspecified atom stereocenters. The molecule has 0 atom stereocenters. The first-order chi connectivity index (χ1) is 14.6. The highest BCUT2D eigenvalue weighted by atomic mass is 32.2. The van der Waals surface area contributed by atoms with E-state index in [2.05, 4.69) is 20.7 Å². The number of hydrogen-bond donors (Lipinski definition) is 1. The Morgan fingerprint density at radius 1 is 1.27 bits per heavy atom. The minimum atomic E-state index is -0.202. The number of thiazole rings is 1. The van der Waals surface area contributed by atoms with Gasteiger partial charge in [0.15, 0.2) is 5.13 Å². The van der Waals surface area contributed by atoms with Crippen LogP contribution in [0.5, 0.6) is 5.75 Å². The Hall–Kier alpha value is -3.02. The molecule has 0 saturated carbocycles. The normalized spacial score (nSPS) is 10.3. The third-order valence-corrected chi connectivity index (χ3v) is 5.91. The Morgan fingerprint density at radius 2 is 2.00 bits per heavy atom. The summed E-state index contributed by atoms with van der Waals surface area (Å²) in [6.07, 6.45) is 2.53. The summed E-state index contributed by atoms with van der Waals surface area (Å²) in [5.41, 5.74) is 3.03. The summed E-state index contributed by atoms with van der Waals surface area (Å²) < 4.78 is 8.21. The second kappa shape index (κ2) is 10.1. The van der Waals surface area contributed by atoms with Crippen molar-refractivity contribution in [3.8, 4) is 11.8 Å². The van der Waals surface area contributed by atoms with Crippen LogP contribution in [0.15, 0.2) is 48.5 Å². The molecule has 154 valence electrons. The number of amides is 1. The molecule has 0 aliphatic carbocycles. The molecule has 0 saturated heterocycles. The van der Waals surface area contributed by atoms with Gasteiger partial charge in [0.25, 0.3) is 5.91 Å². The highest BCUT2D eigenvalue weighted by molar-refractivity contribution is 7.97. The topological polar surface area (TPSA) is 78.2 Å². The number of nitriles is 1. The molecule has 0 radical (unpaired) electrons. The highest BCUT2D eigenvalue weighted by Crippen LogP contribution is 2.32. The van der Waals surface area contributed by atoms with Crippen molar-refractivity contribution in [1.29, 1.82) is 5.26 Å². The van der Waals surface area contributed by atoms with Gasteiger partial charge in [-0.05, 0) is 49.2 Å². The Bertz CT molecular complexity index is 1060. The maximum absolute atomic E-state index is 12.3. The van der Waals surface area contributed by atoms with Gasteiger partial charge in [-0.15, -0.1) is 11.3 Å². The number of methoxy groups -OCH3 is 1. The zero-order valence-corrected chi connectivity index (χ0v) is 18.6. The van der Waals surface area contributed by atoms with Crippen molar-refractivity contribution in [2.75, 3.05) is 24.8 Å². The van der Waals surface area contributed by atoms with E-state index in [9.17, 15) is 4.79 Å². The Labute approximate surface area is 184 Å². The van der Waals surface area contributed by atoms with Crippen LogP contribution in [0, 0.1) is 18.3 Å². The molecule has 3 aromatic rings. The lowest BCUT2D eigenvalue weighted by molar-refractivity contribution is 0.0980. The molecule has 1 amide bonds. The molecule has 6 nitrogen and oxygen atoms in total. The highest BCUT2D eigenvalue weighted by Gasteiger charge is 2.20. The van der Waals surface area contributed by atoms with Gasteiger partial charge in [0.05, 0.1) is 18.7 Å². The van der Waals surface area contributed by atoms with Crippen molar-refractivity contribution in [1.82, 2.24) is 9.71 Å². The number of rotatable bonds is 8. The van der Waals surface area contributed by atoms with Gasteiger partial charge < -0.3 is 9.64 Å². The molecule has 1 aromatic heterocycles. The molecular formula is C22H22N4O2S2. The van der Waals surface area contributed by atoms with E-state index < -0.39 is 0 Å². The molecule has 1 heterocycles. The SMILES string of the molecule is COc1ccccc1CCN(c1ccc(C#N)cc1)c1nc(C(=O)NSC)c(C)s1. The first-order valence-corrected chi connectivity index (χ1v) is 11.3. The minimum Gasteiger partial charge on any atom is -0.496 e. The maximum atomic E-state index is 12.3. The van der Waals surface area contributed by atoms with Gasteiger partial charge in [-0.25, -0.2) is 4.98 Å². The number of hydrogen-bond acceptors (Lipinski definition) is 7. The number of nitrogens with zero attached hydrogens (tertiary/aromatic N) is 3. The van der Waals surface area contributed by atoms with Crippen LogP contribution < -0.4 is 14.4 Å². The summed E-state index contributed by atoms with van der Waals surface area (Å²) in [6, 6.07) is 17.4. The lowest BCUT2D eigenvalue weighted by Crippen LogP contribution is -2.21. The van der Waals surface area contributed by atoms with Crippen LogP contribution in [0.2, 0.25) is 0 Å². The Balaban J connectivity index is 1.94. The average Bonchev–Trinajstić information content (AvgIpc) is 3.16. The van der Waals surface area contributed by atoms with E-state index in [0.29, 0.717) is 17.8 Å². The number of nitrogens with one attached hydrogen (secondary N) is 1. The monoisotopic (exact) mass is 438 g/mol. The Kier molecular flexibility index (Phi) is 7.33.